The molecule has 0 saturated carbocycles. The molecule has 0 saturated heterocycles. The second kappa shape index (κ2) is 5.90. The molecule has 24 heavy (non-hydrogen) atoms. The molecule has 1 aliphatic carbocycles. The highest BCUT2D eigenvalue weighted by atomic mass is 16.1. The average molecular weight is 316 g/mol. The number of hydrogen-bond acceptors (Lipinski definition) is 1. The van der Waals surface area contributed by atoms with E-state index in [-0.39, 0.29) is 16.6 Å². The number of ketones is 1. The lowest BCUT2D eigenvalue weighted by molar-refractivity contribution is 0.104. The van der Waals surface area contributed by atoms with Gasteiger partial charge in [0.2, 0.25) is 0 Å². The fraction of sp³-hybridized carbons (Fsp3) is 0.261. The molecule has 2 aromatic carbocycles. The number of fused-ring (bicyclic) bond motifs is 1. The summed E-state index contributed by atoms with van der Waals surface area (Å²) in [5, 5.41) is 0. The third kappa shape index (κ3) is 2.65. The van der Waals surface area contributed by atoms with E-state index >= 15 is 0 Å². The van der Waals surface area contributed by atoms with Crippen LogP contribution in [0.5, 0.6) is 0 Å². The number of hydrogen-bond donors (Lipinski definition) is 0. The molecule has 1 aliphatic rings. The Morgan fingerprint density at radius 2 is 1.71 bits per heavy atom. The van der Waals surface area contributed by atoms with E-state index < -0.39 is 0 Å². The summed E-state index contributed by atoms with van der Waals surface area (Å²) in [6, 6.07) is 16.7. The Balaban J connectivity index is 2.18. The summed E-state index contributed by atoms with van der Waals surface area (Å²) < 4.78 is 0. The van der Waals surface area contributed by atoms with Crippen molar-refractivity contribution in [3.05, 3.63) is 95.6 Å². The fourth-order valence-electron chi connectivity index (χ4n) is 3.53. The van der Waals surface area contributed by atoms with E-state index in [4.69, 9.17) is 0 Å². The topological polar surface area (TPSA) is 17.1 Å². The fourth-order valence-corrected chi connectivity index (χ4v) is 3.53. The van der Waals surface area contributed by atoms with Crippen molar-refractivity contribution in [1.82, 2.24) is 0 Å². The summed E-state index contributed by atoms with van der Waals surface area (Å²) in [5.74, 6) is 0.0802. The maximum atomic E-state index is 12.3. The molecule has 0 spiro atoms. The molecule has 3 rings (SSSR count). The first kappa shape index (κ1) is 16.4. The smallest absolute Gasteiger partial charge is 0.185 e. The van der Waals surface area contributed by atoms with Crippen LogP contribution >= 0.6 is 0 Å². The Morgan fingerprint density at radius 1 is 1.04 bits per heavy atom. The van der Waals surface area contributed by atoms with E-state index in [9.17, 15) is 4.79 Å². The van der Waals surface area contributed by atoms with E-state index in [1.807, 2.05) is 30.4 Å². The van der Waals surface area contributed by atoms with Crippen molar-refractivity contribution >= 4 is 5.78 Å². The highest BCUT2D eigenvalue weighted by Gasteiger charge is 2.36. The van der Waals surface area contributed by atoms with Crippen LogP contribution in [0.1, 0.15) is 54.2 Å². The molecule has 0 N–H and O–H groups in total. The average Bonchev–Trinajstić information content (AvgIpc) is 2.57. The lowest BCUT2D eigenvalue weighted by Gasteiger charge is -2.35. The molecular weight excluding hydrogens is 292 g/mol. The van der Waals surface area contributed by atoms with Gasteiger partial charge in [0.25, 0.3) is 0 Å². The lowest BCUT2D eigenvalue weighted by Crippen LogP contribution is -2.30. The molecule has 2 aromatic rings. The standard InChI is InChI=1S/C23H24O/c1-5-15-23(18-12-10-17(11-13-18)22(2,3)4)16-14-21(24)19-8-6-7-9-20(19)23/h5-14,16H,1,15H2,2-4H3. The molecule has 1 heteroatoms. The van der Waals surface area contributed by atoms with Gasteiger partial charge in [0.05, 0.1) is 0 Å². The second-order valence-corrected chi connectivity index (χ2v) is 7.53. The van der Waals surface area contributed by atoms with E-state index in [1.54, 1.807) is 6.08 Å². The van der Waals surface area contributed by atoms with Crippen LogP contribution in [0.3, 0.4) is 0 Å². The van der Waals surface area contributed by atoms with E-state index in [2.05, 4.69) is 57.7 Å². The largest absolute Gasteiger partial charge is 0.289 e. The first-order valence-electron chi connectivity index (χ1n) is 8.43. The van der Waals surface area contributed by atoms with Gasteiger partial charge in [-0.2, -0.15) is 0 Å². The van der Waals surface area contributed by atoms with Crippen LogP contribution in [0.4, 0.5) is 0 Å². The summed E-state index contributed by atoms with van der Waals surface area (Å²) in [4.78, 5) is 12.3. The predicted molar refractivity (Wildman–Crippen MR) is 101 cm³/mol. The zero-order chi connectivity index (χ0) is 17.4. The normalized spacial score (nSPS) is 19.9. The van der Waals surface area contributed by atoms with Crippen molar-refractivity contribution in [2.75, 3.05) is 0 Å². The van der Waals surface area contributed by atoms with Gasteiger partial charge in [-0.05, 0) is 34.6 Å². The predicted octanol–water partition coefficient (Wildman–Crippen LogP) is 5.60. The van der Waals surface area contributed by atoms with Crippen molar-refractivity contribution in [3.63, 3.8) is 0 Å². The zero-order valence-corrected chi connectivity index (χ0v) is 14.7. The highest BCUT2D eigenvalue weighted by molar-refractivity contribution is 6.07. The van der Waals surface area contributed by atoms with Gasteiger partial charge < -0.3 is 0 Å². The van der Waals surface area contributed by atoms with Crippen LogP contribution in [-0.4, -0.2) is 5.78 Å². The lowest BCUT2D eigenvalue weighted by atomic mass is 9.67. The van der Waals surface area contributed by atoms with Gasteiger partial charge in [0, 0.05) is 11.0 Å². The monoisotopic (exact) mass is 316 g/mol. The van der Waals surface area contributed by atoms with Gasteiger partial charge in [0.1, 0.15) is 0 Å². The van der Waals surface area contributed by atoms with Crippen LogP contribution in [0.15, 0.2) is 73.3 Å². The Kier molecular flexibility index (Phi) is 4.04. The molecule has 1 unspecified atom stereocenters. The molecule has 0 bridgehead atoms. The van der Waals surface area contributed by atoms with Crippen molar-refractivity contribution in [3.8, 4) is 0 Å². The van der Waals surface area contributed by atoms with Crippen LogP contribution in [-0.2, 0) is 10.8 Å². The Hall–Kier alpha value is -2.41. The Bertz CT molecular complexity index is 803. The summed E-state index contributed by atoms with van der Waals surface area (Å²) in [6.45, 7) is 10.6. The van der Waals surface area contributed by atoms with Gasteiger partial charge in [-0.15, -0.1) is 6.58 Å². The first-order valence-corrected chi connectivity index (χ1v) is 8.43. The quantitative estimate of drug-likeness (QED) is 0.674. The molecule has 1 nitrogen and oxygen atoms in total. The summed E-state index contributed by atoms with van der Waals surface area (Å²) in [6.07, 6.45) is 6.46. The van der Waals surface area contributed by atoms with Crippen LogP contribution < -0.4 is 0 Å². The third-order valence-corrected chi connectivity index (χ3v) is 4.92. The van der Waals surface area contributed by atoms with Gasteiger partial charge in [-0.25, -0.2) is 0 Å². The molecule has 0 aromatic heterocycles. The number of benzene rings is 2. The third-order valence-electron chi connectivity index (χ3n) is 4.92. The van der Waals surface area contributed by atoms with Gasteiger partial charge >= 0.3 is 0 Å². The summed E-state index contributed by atoms with van der Waals surface area (Å²) >= 11 is 0. The van der Waals surface area contributed by atoms with Crippen molar-refractivity contribution in [2.45, 2.75) is 38.0 Å². The SMILES string of the molecule is C=CCC1(c2ccc(C(C)(C)C)cc2)C=CC(=O)c2ccccc21. The second-order valence-electron chi connectivity index (χ2n) is 7.53. The van der Waals surface area contributed by atoms with E-state index in [1.165, 1.54) is 11.1 Å². The molecule has 122 valence electrons. The minimum atomic E-state index is -0.317. The minimum Gasteiger partial charge on any atom is -0.289 e. The molecule has 1 atom stereocenters. The minimum absolute atomic E-state index is 0.0802. The van der Waals surface area contributed by atoms with Crippen LogP contribution in [0.25, 0.3) is 0 Å². The van der Waals surface area contributed by atoms with Gasteiger partial charge in [0.15, 0.2) is 5.78 Å². The molecule has 0 fully saturated rings. The first-order chi connectivity index (χ1) is 11.4. The number of rotatable bonds is 3. The van der Waals surface area contributed by atoms with Crippen molar-refractivity contribution in [2.24, 2.45) is 0 Å². The molecular formula is C23H24O. The van der Waals surface area contributed by atoms with Crippen LogP contribution in [0, 0.1) is 0 Å². The molecule has 0 heterocycles. The number of allylic oxidation sites excluding steroid dienone is 3. The Morgan fingerprint density at radius 3 is 2.33 bits per heavy atom. The Labute approximate surface area is 144 Å². The number of carbonyl (C=O) groups excluding carboxylic acids is 1. The zero-order valence-electron chi connectivity index (χ0n) is 14.7. The summed E-state index contributed by atoms with van der Waals surface area (Å²) in [5.41, 5.74) is 4.18. The molecule has 0 amide bonds. The van der Waals surface area contributed by atoms with Crippen molar-refractivity contribution in [1.29, 1.82) is 0 Å². The highest BCUT2D eigenvalue weighted by Crippen LogP contribution is 2.42. The van der Waals surface area contributed by atoms with Crippen molar-refractivity contribution < 1.29 is 4.79 Å². The maximum absolute atomic E-state index is 12.3. The van der Waals surface area contributed by atoms with E-state index in [0.717, 1.165) is 17.5 Å². The molecule has 0 aliphatic heterocycles. The van der Waals surface area contributed by atoms with Gasteiger partial charge in [-0.3, -0.25) is 4.79 Å². The maximum Gasteiger partial charge on any atom is 0.185 e. The molecule has 0 radical (unpaired) electrons. The number of carbonyl (C=O) groups is 1. The summed E-state index contributed by atoms with van der Waals surface area (Å²) in [7, 11) is 0. The van der Waals surface area contributed by atoms with Crippen LogP contribution in [0.2, 0.25) is 0 Å². The van der Waals surface area contributed by atoms with Gasteiger partial charge in [-0.1, -0.05) is 81.5 Å². The van der Waals surface area contributed by atoms with E-state index in [0.29, 0.717) is 0 Å².